The summed E-state index contributed by atoms with van der Waals surface area (Å²) in [4.78, 5) is 6.47. The quantitative estimate of drug-likeness (QED) is 0.244. The molecule has 0 amide bonds. The molecule has 2 nitrogen and oxygen atoms in total. The van der Waals surface area contributed by atoms with E-state index in [2.05, 4.69) is 16.3 Å². The predicted octanol–water partition coefficient (Wildman–Crippen LogP) is 6.41. The molecule has 1 aromatic carbocycles. The van der Waals surface area contributed by atoms with Crippen molar-refractivity contribution in [3.05, 3.63) is 29.8 Å². The molecule has 0 aliphatic heterocycles. The molecule has 0 aliphatic rings. The average molecular weight is 419 g/mol. The van der Waals surface area contributed by atoms with Gasteiger partial charge in [-0.15, -0.1) is 0 Å². The van der Waals surface area contributed by atoms with Gasteiger partial charge in [0.1, 0.15) is 5.75 Å². The van der Waals surface area contributed by atoms with Crippen LogP contribution in [0.25, 0.3) is 0 Å². The Hall–Kier alpha value is -1.44. The zero-order valence-electron chi connectivity index (χ0n) is 15.5. The summed E-state index contributed by atoms with van der Waals surface area (Å²) in [5.41, 5.74) is 0.474. The Labute approximate surface area is 158 Å². The molecule has 0 N–H and O–H groups in total. The molecule has 0 atom stereocenters. The molecule has 1 rings (SSSR count). The fourth-order valence-corrected chi connectivity index (χ4v) is 3.01. The maximum Gasteiger partial charge on any atom is 0.427 e. The van der Waals surface area contributed by atoms with E-state index in [1.165, 1.54) is 12.1 Å². The minimum Gasteiger partial charge on any atom is -0.425 e. The summed E-state index contributed by atoms with van der Waals surface area (Å²) in [6.45, 7) is 10.0. The first-order valence-corrected chi connectivity index (χ1v) is 8.34. The summed E-state index contributed by atoms with van der Waals surface area (Å²) in [5.74, 6) is -3.11. The van der Waals surface area contributed by atoms with Crippen LogP contribution in [0.5, 0.6) is 5.75 Å². The maximum absolute atomic E-state index is 12.8. The lowest BCUT2D eigenvalue weighted by atomic mass is 9.72. The summed E-state index contributed by atoms with van der Waals surface area (Å²) in [7, 11) is 0. The highest BCUT2D eigenvalue weighted by Gasteiger charge is 2.76. The molecule has 9 heteroatoms. The number of esters is 1. The van der Waals surface area contributed by atoms with Crippen molar-refractivity contribution in [1.82, 2.24) is 0 Å². The maximum atomic E-state index is 12.8. The van der Waals surface area contributed by atoms with Gasteiger partial charge in [0.05, 0.1) is 0 Å². The summed E-state index contributed by atoms with van der Waals surface area (Å²) in [5, 5.41) is 0. The van der Waals surface area contributed by atoms with Gasteiger partial charge in [0, 0.05) is 0 Å². The van der Waals surface area contributed by atoms with Crippen LogP contribution in [-0.2, 0) is 10.2 Å². The van der Waals surface area contributed by atoms with Crippen molar-refractivity contribution in [3.63, 3.8) is 0 Å². The molecular weight excluding hydrogens is 398 g/mol. The summed E-state index contributed by atoms with van der Waals surface area (Å²) < 4.78 is 81.0. The van der Waals surface area contributed by atoms with Crippen LogP contribution in [0.3, 0.4) is 0 Å². The van der Waals surface area contributed by atoms with Gasteiger partial charge in [0.2, 0.25) is 0 Å². The number of hydrogen-bond donors (Lipinski definition) is 0. The zero-order chi connectivity index (χ0) is 21.5. The number of halogens is 7. The normalized spacial score (nSPS) is 14.2. The molecule has 0 saturated heterocycles. The molecule has 154 valence electrons. The van der Waals surface area contributed by atoms with Gasteiger partial charge in [-0.25, -0.2) is 4.79 Å². The minimum absolute atomic E-state index is 0.00766. The first-order chi connectivity index (χ1) is 11.8. The highest BCUT2D eigenvalue weighted by Crippen LogP contribution is 2.49. The Morgan fingerprint density at radius 1 is 0.889 bits per heavy atom. The van der Waals surface area contributed by atoms with E-state index in [4.69, 9.17) is 0 Å². The third-order valence-electron chi connectivity index (χ3n) is 3.88. The Balaban J connectivity index is 3.09. The van der Waals surface area contributed by atoms with Gasteiger partial charge in [-0.2, -0.15) is 26.3 Å². The van der Waals surface area contributed by atoms with Crippen LogP contribution in [0.2, 0.25) is 0 Å². The standard InChI is InChI=1S/C18H21ClF6O2/c1-14(2,3)10-15(4,5)11-6-8-12(9-7-11)27-13(26)16(19,17(20,21)22)18(23,24)25/h6-9H,10H2,1-5H3. The molecule has 0 unspecified atom stereocenters. The second-order valence-electron chi connectivity index (χ2n) is 8.19. The van der Waals surface area contributed by atoms with E-state index in [9.17, 15) is 31.1 Å². The fraction of sp³-hybridized carbons (Fsp3) is 0.611. The Kier molecular flexibility index (Phi) is 6.28. The summed E-state index contributed by atoms with van der Waals surface area (Å²) in [6.07, 6.45) is -11.4. The van der Waals surface area contributed by atoms with Crippen molar-refractivity contribution in [2.45, 2.75) is 63.7 Å². The van der Waals surface area contributed by atoms with E-state index in [-0.39, 0.29) is 10.8 Å². The molecule has 0 aliphatic carbocycles. The van der Waals surface area contributed by atoms with Crippen molar-refractivity contribution in [3.8, 4) is 5.75 Å². The van der Waals surface area contributed by atoms with Gasteiger partial charge < -0.3 is 4.74 Å². The SMILES string of the molecule is CC(C)(C)CC(C)(C)c1ccc(OC(=O)C(Cl)(C(F)(F)F)C(F)(F)F)cc1. The number of rotatable bonds is 4. The third-order valence-corrected chi connectivity index (χ3v) is 4.46. The highest BCUT2D eigenvalue weighted by atomic mass is 35.5. The van der Waals surface area contributed by atoms with E-state index in [0.29, 0.717) is 0 Å². The number of hydrogen-bond acceptors (Lipinski definition) is 2. The third kappa shape index (κ3) is 5.30. The second-order valence-corrected chi connectivity index (χ2v) is 8.76. The molecule has 27 heavy (non-hydrogen) atoms. The fourth-order valence-electron chi connectivity index (χ4n) is 2.97. The van der Waals surface area contributed by atoms with Crippen LogP contribution in [0.1, 0.15) is 46.6 Å². The first kappa shape index (κ1) is 23.6. The van der Waals surface area contributed by atoms with E-state index in [1.54, 1.807) is 0 Å². The van der Waals surface area contributed by atoms with Gasteiger partial charge in [-0.1, -0.05) is 58.4 Å². The number of alkyl halides is 7. The minimum atomic E-state index is -6.07. The molecule has 0 aromatic heterocycles. The van der Waals surface area contributed by atoms with Crippen molar-refractivity contribution in [2.24, 2.45) is 5.41 Å². The number of carbonyl (C=O) groups excluding carboxylic acids is 1. The van der Waals surface area contributed by atoms with Crippen molar-refractivity contribution in [2.75, 3.05) is 0 Å². The molecule has 0 saturated carbocycles. The zero-order valence-corrected chi connectivity index (χ0v) is 16.2. The van der Waals surface area contributed by atoms with Gasteiger partial charge in [-0.05, 0) is 34.9 Å². The predicted molar refractivity (Wildman–Crippen MR) is 89.9 cm³/mol. The Bertz CT molecular complexity index is 655. The second kappa shape index (κ2) is 7.18. The van der Waals surface area contributed by atoms with Crippen LogP contribution in [0.15, 0.2) is 24.3 Å². The first-order valence-electron chi connectivity index (χ1n) is 7.96. The van der Waals surface area contributed by atoms with E-state index >= 15 is 0 Å². The molecular formula is C18H21ClF6O2. The molecule has 0 bridgehead atoms. The average Bonchev–Trinajstić information content (AvgIpc) is 2.41. The topological polar surface area (TPSA) is 26.3 Å². The van der Waals surface area contributed by atoms with Gasteiger partial charge in [0.15, 0.2) is 0 Å². The highest BCUT2D eigenvalue weighted by molar-refractivity contribution is 6.35. The summed E-state index contributed by atoms with van der Waals surface area (Å²) in [6, 6.07) is 5.26. The molecule has 0 spiro atoms. The Morgan fingerprint density at radius 3 is 1.63 bits per heavy atom. The molecule has 0 radical (unpaired) electrons. The van der Waals surface area contributed by atoms with Gasteiger partial charge in [0.25, 0.3) is 0 Å². The van der Waals surface area contributed by atoms with E-state index in [0.717, 1.165) is 24.1 Å². The lowest BCUT2D eigenvalue weighted by Crippen LogP contribution is -2.59. The van der Waals surface area contributed by atoms with E-state index < -0.39 is 28.9 Å². The van der Waals surface area contributed by atoms with Crippen LogP contribution in [-0.4, -0.2) is 23.2 Å². The van der Waals surface area contributed by atoms with Crippen LogP contribution >= 0.6 is 11.6 Å². The van der Waals surface area contributed by atoms with Crippen LogP contribution in [0.4, 0.5) is 26.3 Å². The van der Waals surface area contributed by atoms with Gasteiger partial charge in [-0.3, -0.25) is 0 Å². The monoisotopic (exact) mass is 418 g/mol. The van der Waals surface area contributed by atoms with E-state index in [1.807, 2.05) is 34.6 Å². The number of carbonyl (C=O) groups is 1. The largest absolute Gasteiger partial charge is 0.427 e. The molecule has 0 heterocycles. The van der Waals surface area contributed by atoms with Crippen LogP contribution < -0.4 is 4.74 Å². The molecule has 1 aromatic rings. The number of ether oxygens (including phenoxy) is 1. The van der Waals surface area contributed by atoms with Crippen LogP contribution in [0, 0.1) is 5.41 Å². The Morgan fingerprint density at radius 2 is 1.30 bits per heavy atom. The smallest absolute Gasteiger partial charge is 0.425 e. The van der Waals surface area contributed by atoms with Gasteiger partial charge >= 0.3 is 23.2 Å². The molecule has 0 fully saturated rings. The summed E-state index contributed by atoms with van der Waals surface area (Å²) >= 11 is 4.64. The van der Waals surface area contributed by atoms with Crippen molar-refractivity contribution in [1.29, 1.82) is 0 Å². The lowest BCUT2D eigenvalue weighted by molar-refractivity contribution is -0.265. The van der Waals surface area contributed by atoms with Crippen molar-refractivity contribution < 1.29 is 35.9 Å². The lowest BCUT2D eigenvalue weighted by Gasteiger charge is -2.33. The van der Waals surface area contributed by atoms with Crippen molar-refractivity contribution >= 4 is 17.6 Å². The number of benzene rings is 1.